The number of imidazole rings is 1. The van der Waals surface area contributed by atoms with E-state index < -0.39 is 19.8 Å². The Labute approximate surface area is 150 Å². The van der Waals surface area contributed by atoms with E-state index in [9.17, 15) is 9.67 Å². The van der Waals surface area contributed by atoms with Gasteiger partial charge < -0.3 is 23.7 Å². The molecule has 1 aliphatic carbocycles. The molecule has 2 fully saturated rings. The van der Waals surface area contributed by atoms with Crippen molar-refractivity contribution in [1.82, 2.24) is 19.5 Å². The summed E-state index contributed by atoms with van der Waals surface area (Å²) in [5.74, 6) is 0.398. The summed E-state index contributed by atoms with van der Waals surface area (Å²) in [7, 11) is -3.34. The lowest BCUT2D eigenvalue weighted by Gasteiger charge is -2.32. The minimum Gasteiger partial charge on any atom is -0.476 e. The van der Waals surface area contributed by atoms with Crippen LogP contribution in [0.5, 0.6) is 5.88 Å². The highest BCUT2D eigenvalue weighted by Crippen LogP contribution is 2.56. The quantitative estimate of drug-likeness (QED) is 0.765. The van der Waals surface area contributed by atoms with Gasteiger partial charge in [0.2, 0.25) is 5.88 Å². The van der Waals surface area contributed by atoms with Gasteiger partial charge in [-0.3, -0.25) is 9.09 Å². The molecule has 1 saturated carbocycles. The number of aromatic nitrogens is 4. The van der Waals surface area contributed by atoms with Crippen molar-refractivity contribution in [1.29, 1.82) is 0 Å². The van der Waals surface area contributed by atoms with E-state index >= 15 is 0 Å². The second-order valence-corrected chi connectivity index (χ2v) is 8.11. The van der Waals surface area contributed by atoms with Crippen molar-refractivity contribution in [2.75, 3.05) is 19.6 Å². The molecule has 4 rings (SSSR count). The van der Waals surface area contributed by atoms with E-state index in [1.807, 2.05) is 6.92 Å². The molecular formula is C15H21N4O6P. The molecule has 1 saturated heterocycles. The summed E-state index contributed by atoms with van der Waals surface area (Å²) in [6.45, 7) is 4.31. The smallest absolute Gasteiger partial charge is 0.356 e. The molecule has 2 aliphatic rings. The number of fused-ring (bicyclic) bond motifs is 2. The van der Waals surface area contributed by atoms with Crippen LogP contribution >= 0.6 is 7.60 Å². The monoisotopic (exact) mass is 384 g/mol. The lowest BCUT2D eigenvalue weighted by molar-refractivity contribution is -0.0709. The second kappa shape index (κ2) is 6.86. The van der Waals surface area contributed by atoms with Crippen molar-refractivity contribution in [3.05, 3.63) is 12.7 Å². The van der Waals surface area contributed by atoms with E-state index in [2.05, 4.69) is 15.0 Å². The zero-order valence-corrected chi connectivity index (χ0v) is 15.4. The highest BCUT2D eigenvalue weighted by Gasteiger charge is 2.52. The highest BCUT2D eigenvalue weighted by molar-refractivity contribution is 7.53. The first-order valence-electron chi connectivity index (χ1n) is 8.58. The SMILES string of the molecule is CCOc1ncnc2c1ncn2[C@@H]1C[C@@H]2OC[P@](=O)(OCC)O[C@H]2[C@H]1O. The molecular weight excluding hydrogens is 363 g/mol. The molecule has 5 atom stereocenters. The summed E-state index contributed by atoms with van der Waals surface area (Å²) in [5.41, 5.74) is 1.08. The number of aliphatic hydroxyl groups is 1. The van der Waals surface area contributed by atoms with Crippen molar-refractivity contribution in [3.8, 4) is 5.88 Å². The minimum absolute atomic E-state index is 0.108. The molecule has 0 spiro atoms. The van der Waals surface area contributed by atoms with Crippen LogP contribution in [0.25, 0.3) is 11.2 Å². The van der Waals surface area contributed by atoms with Gasteiger partial charge in [0.25, 0.3) is 0 Å². The van der Waals surface area contributed by atoms with Crippen LogP contribution in [0.2, 0.25) is 0 Å². The van der Waals surface area contributed by atoms with Gasteiger partial charge in [-0.2, -0.15) is 4.98 Å². The Hall–Kier alpha value is -1.58. The average molecular weight is 384 g/mol. The molecule has 11 heteroatoms. The topological polar surface area (TPSA) is 118 Å². The Morgan fingerprint density at radius 1 is 1.35 bits per heavy atom. The summed E-state index contributed by atoms with van der Waals surface area (Å²) < 4.78 is 36.3. The predicted octanol–water partition coefficient (Wildman–Crippen LogP) is 1.50. The summed E-state index contributed by atoms with van der Waals surface area (Å²) in [6.07, 6.45) is 1.34. The first kappa shape index (κ1) is 17.8. The third-order valence-corrected chi connectivity index (χ3v) is 6.27. The zero-order valence-electron chi connectivity index (χ0n) is 14.5. The van der Waals surface area contributed by atoms with Crippen LogP contribution in [0.15, 0.2) is 12.7 Å². The average Bonchev–Trinajstić information content (AvgIpc) is 3.18. The van der Waals surface area contributed by atoms with E-state index in [-0.39, 0.29) is 25.1 Å². The summed E-state index contributed by atoms with van der Waals surface area (Å²) in [6, 6.07) is -0.382. The molecule has 1 aliphatic heterocycles. The van der Waals surface area contributed by atoms with E-state index in [0.717, 1.165) is 0 Å². The fraction of sp³-hybridized carbons (Fsp3) is 0.667. The first-order chi connectivity index (χ1) is 12.6. The largest absolute Gasteiger partial charge is 0.476 e. The molecule has 10 nitrogen and oxygen atoms in total. The maximum absolute atomic E-state index is 12.5. The first-order valence-corrected chi connectivity index (χ1v) is 10.3. The van der Waals surface area contributed by atoms with Crippen LogP contribution in [-0.2, 0) is 18.3 Å². The lowest BCUT2D eigenvalue weighted by Crippen LogP contribution is -2.38. The number of ether oxygens (including phenoxy) is 2. The van der Waals surface area contributed by atoms with E-state index in [1.165, 1.54) is 6.33 Å². The van der Waals surface area contributed by atoms with E-state index in [0.29, 0.717) is 30.1 Å². The lowest BCUT2D eigenvalue weighted by atomic mass is 10.2. The molecule has 0 unspecified atom stereocenters. The van der Waals surface area contributed by atoms with E-state index in [4.69, 9.17) is 18.5 Å². The van der Waals surface area contributed by atoms with Crippen molar-refractivity contribution < 1.29 is 28.2 Å². The summed E-state index contributed by atoms with van der Waals surface area (Å²) in [5, 5.41) is 10.8. The molecule has 1 N–H and O–H groups in total. The Morgan fingerprint density at radius 2 is 2.19 bits per heavy atom. The minimum atomic E-state index is -3.34. The molecule has 3 heterocycles. The number of aliphatic hydroxyl groups excluding tert-OH is 1. The number of rotatable bonds is 5. The molecule has 26 heavy (non-hydrogen) atoms. The molecule has 0 bridgehead atoms. The van der Waals surface area contributed by atoms with Gasteiger partial charge in [-0.1, -0.05) is 0 Å². The fourth-order valence-electron chi connectivity index (χ4n) is 3.50. The van der Waals surface area contributed by atoms with Crippen LogP contribution in [0.4, 0.5) is 0 Å². The zero-order chi connectivity index (χ0) is 18.3. The van der Waals surface area contributed by atoms with Gasteiger partial charge in [0, 0.05) is 0 Å². The normalized spacial score (nSPS) is 34.1. The van der Waals surface area contributed by atoms with Crippen LogP contribution in [0.1, 0.15) is 26.3 Å². The van der Waals surface area contributed by atoms with Crippen LogP contribution in [0, 0.1) is 0 Å². The van der Waals surface area contributed by atoms with E-state index in [1.54, 1.807) is 17.8 Å². The maximum Gasteiger partial charge on any atom is 0.356 e. The molecule has 142 valence electrons. The van der Waals surface area contributed by atoms with Crippen LogP contribution < -0.4 is 4.74 Å². The molecule has 0 radical (unpaired) electrons. The molecule has 0 amide bonds. The van der Waals surface area contributed by atoms with Crippen LogP contribution in [-0.4, -0.2) is 62.5 Å². The third kappa shape index (κ3) is 2.91. The van der Waals surface area contributed by atoms with Gasteiger partial charge in [-0.15, -0.1) is 0 Å². The third-order valence-electron chi connectivity index (χ3n) is 4.59. The molecule has 2 aromatic heterocycles. The predicted molar refractivity (Wildman–Crippen MR) is 90.0 cm³/mol. The van der Waals surface area contributed by atoms with Crippen molar-refractivity contribution in [2.45, 2.75) is 44.6 Å². The molecule has 2 aromatic rings. The van der Waals surface area contributed by atoms with Crippen molar-refractivity contribution in [3.63, 3.8) is 0 Å². The van der Waals surface area contributed by atoms with Crippen LogP contribution in [0.3, 0.4) is 0 Å². The Balaban J connectivity index is 1.63. The van der Waals surface area contributed by atoms with Gasteiger partial charge >= 0.3 is 7.60 Å². The Kier molecular flexibility index (Phi) is 4.70. The fourth-order valence-corrected chi connectivity index (χ4v) is 5.10. The van der Waals surface area contributed by atoms with Crippen molar-refractivity contribution >= 4 is 18.8 Å². The maximum atomic E-state index is 12.5. The van der Waals surface area contributed by atoms with Crippen molar-refractivity contribution in [2.24, 2.45) is 0 Å². The standard InChI is InChI=1S/C15H21N4O6P/c1-3-22-15-11-14(16-6-17-15)19(7-18-11)9-5-10-13(12(9)20)25-26(21,8-23-10)24-4-2/h6-7,9-10,12-13,20H,3-5,8H2,1-2H3/t9-,10+,12+,13-,26+/m1/s1. The van der Waals surface area contributed by atoms with Gasteiger partial charge in [0.1, 0.15) is 24.9 Å². The summed E-state index contributed by atoms with van der Waals surface area (Å²) >= 11 is 0. The summed E-state index contributed by atoms with van der Waals surface area (Å²) in [4.78, 5) is 12.7. The molecule has 0 aromatic carbocycles. The second-order valence-electron chi connectivity index (χ2n) is 6.16. The van der Waals surface area contributed by atoms with Gasteiger partial charge in [0.15, 0.2) is 11.2 Å². The Bertz CT molecular complexity index is 845. The highest BCUT2D eigenvalue weighted by atomic mass is 31.2. The van der Waals surface area contributed by atoms with Gasteiger partial charge in [-0.25, -0.2) is 9.97 Å². The van der Waals surface area contributed by atoms with Gasteiger partial charge in [-0.05, 0) is 20.3 Å². The Morgan fingerprint density at radius 3 is 2.96 bits per heavy atom. The number of hydrogen-bond donors (Lipinski definition) is 1. The number of hydrogen-bond acceptors (Lipinski definition) is 9. The number of nitrogens with zero attached hydrogens (tertiary/aromatic N) is 4. The van der Waals surface area contributed by atoms with Gasteiger partial charge in [0.05, 0.1) is 31.7 Å².